The minimum absolute atomic E-state index is 0.249. The highest BCUT2D eigenvalue weighted by molar-refractivity contribution is 6.72. The lowest BCUT2D eigenvalue weighted by molar-refractivity contribution is -0.114. The van der Waals surface area contributed by atoms with Crippen molar-refractivity contribution in [3.63, 3.8) is 0 Å². The lowest BCUT2D eigenvalue weighted by atomic mass is 9.80. The summed E-state index contributed by atoms with van der Waals surface area (Å²) in [7, 11) is -0.610. The maximum atomic E-state index is 12.0. The minimum atomic E-state index is -0.610. The molecule has 1 aromatic carbocycles. The van der Waals surface area contributed by atoms with Crippen molar-refractivity contribution in [2.75, 3.05) is 0 Å². The van der Waals surface area contributed by atoms with Gasteiger partial charge in [0, 0.05) is 14.0 Å². The third-order valence-corrected chi connectivity index (χ3v) is 6.70. The first-order chi connectivity index (χ1) is 10.9. The number of benzene rings is 1. The minimum Gasteiger partial charge on any atom is -0.267 e. The largest absolute Gasteiger partial charge is 0.270 e. The van der Waals surface area contributed by atoms with Crippen molar-refractivity contribution in [2.24, 2.45) is 5.92 Å². The molecular formula is C20H22NOSi. The highest BCUT2D eigenvalue weighted by atomic mass is 28.2. The highest BCUT2D eigenvalue weighted by Gasteiger charge is 2.28. The molecule has 1 N–H and O–H groups in total. The molecule has 3 rings (SSSR count). The van der Waals surface area contributed by atoms with E-state index >= 15 is 0 Å². The van der Waals surface area contributed by atoms with Crippen LogP contribution in [0, 0.1) is 5.92 Å². The summed E-state index contributed by atoms with van der Waals surface area (Å²) in [6.45, 7) is 8.88. The van der Waals surface area contributed by atoms with E-state index < -0.39 is 14.3 Å². The number of hydrogen-bond donors (Lipinski definition) is 0. The first-order valence-electron chi connectivity index (χ1n) is 8.07. The molecule has 1 unspecified atom stereocenters. The lowest BCUT2D eigenvalue weighted by Crippen LogP contribution is -2.26. The first-order valence-corrected chi connectivity index (χ1v) is 10.6. The van der Waals surface area contributed by atoms with Gasteiger partial charge in [0.1, 0.15) is 0 Å². The molecule has 0 heterocycles. The molecule has 0 fully saturated rings. The SMILES string of the molecule is CC1=C(c2cccc3c2C=CC3)C(C([NH])=O)=CC(C)C1=[Si](C)C. The molecule has 2 aliphatic rings. The Bertz CT molecular complexity index is 820. The summed E-state index contributed by atoms with van der Waals surface area (Å²) in [4.78, 5) is 12.0. The summed E-state index contributed by atoms with van der Waals surface area (Å²) in [5.41, 5.74) is 14.1. The van der Waals surface area contributed by atoms with Crippen molar-refractivity contribution in [1.82, 2.24) is 5.73 Å². The Kier molecular flexibility index (Phi) is 4.07. The molecule has 2 nitrogen and oxygen atoms in total. The van der Waals surface area contributed by atoms with E-state index in [4.69, 9.17) is 5.73 Å². The van der Waals surface area contributed by atoms with Crippen LogP contribution in [-0.2, 0) is 11.2 Å². The molecule has 0 spiro atoms. The Hall–Kier alpha value is -2.00. The van der Waals surface area contributed by atoms with Crippen LogP contribution in [-0.4, -0.2) is 19.5 Å². The second kappa shape index (κ2) is 5.89. The molecule has 0 saturated heterocycles. The molecule has 0 saturated carbocycles. The maximum Gasteiger partial charge on any atom is 0.270 e. The second-order valence-corrected chi connectivity index (χ2v) is 9.14. The summed E-state index contributed by atoms with van der Waals surface area (Å²) in [5.74, 6) is -0.329. The Labute approximate surface area is 139 Å². The lowest BCUT2D eigenvalue weighted by Gasteiger charge is -2.27. The molecule has 23 heavy (non-hydrogen) atoms. The van der Waals surface area contributed by atoms with E-state index in [-0.39, 0.29) is 5.92 Å². The third-order valence-electron chi connectivity index (χ3n) is 4.79. The van der Waals surface area contributed by atoms with Gasteiger partial charge in [0.2, 0.25) is 0 Å². The number of rotatable bonds is 2. The van der Waals surface area contributed by atoms with E-state index in [1.807, 2.05) is 6.08 Å². The molecule has 2 aliphatic carbocycles. The normalized spacial score (nSPS) is 19.7. The zero-order chi connectivity index (χ0) is 16.7. The molecular weight excluding hydrogens is 298 g/mol. The zero-order valence-electron chi connectivity index (χ0n) is 14.2. The number of carbonyl (C=O) groups is 1. The molecule has 1 radical (unpaired) electrons. The molecule has 1 atom stereocenters. The van der Waals surface area contributed by atoms with Crippen LogP contribution in [0.3, 0.4) is 0 Å². The van der Waals surface area contributed by atoms with Crippen molar-refractivity contribution in [2.45, 2.75) is 33.4 Å². The summed E-state index contributed by atoms with van der Waals surface area (Å²) in [6, 6.07) is 6.30. The van der Waals surface area contributed by atoms with Crippen molar-refractivity contribution in [3.8, 4) is 0 Å². The summed E-state index contributed by atoms with van der Waals surface area (Å²) in [6.07, 6.45) is 7.27. The molecule has 0 aliphatic heterocycles. The summed E-state index contributed by atoms with van der Waals surface area (Å²) < 4.78 is 0. The van der Waals surface area contributed by atoms with E-state index in [1.54, 1.807) is 0 Å². The van der Waals surface area contributed by atoms with Gasteiger partial charge in [-0.2, -0.15) is 0 Å². The van der Waals surface area contributed by atoms with E-state index in [0.717, 1.165) is 17.6 Å². The summed E-state index contributed by atoms with van der Waals surface area (Å²) >= 11 is 0. The van der Waals surface area contributed by atoms with Crippen LogP contribution in [0.15, 0.2) is 41.5 Å². The fraction of sp³-hybridized carbons (Fsp3) is 0.300. The Morgan fingerprint density at radius 2 is 2.04 bits per heavy atom. The van der Waals surface area contributed by atoms with Crippen molar-refractivity contribution in [3.05, 3.63) is 58.2 Å². The Morgan fingerprint density at radius 3 is 2.70 bits per heavy atom. The van der Waals surface area contributed by atoms with Crippen LogP contribution in [0.25, 0.3) is 11.6 Å². The summed E-state index contributed by atoms with van der Waals surface area (Å²) in [5, 5.41) is 1.47. The van der Waals surface area contributed by atoms with E-state index in [2.05, 4.69) is 57.3 Å². The van der Waals surface area contributed by atoms with E-state index in [0.29, 0.717) is 5.57 Å². The fourth-order valence-corrected chi connectivity index (χ4v) is 5.84. The number of amides is 1. The molecule has 117 valence electrons. The van der Waals surface area contributed by atoms with Crippen LogP contribution >= 0.6 is 0 Å². The molecule has 1 aromatic rings. The van der Waals surface area contributed by atoms with Crippen LogP contribution in [0.1, 0.15) is 30.5 Å². The van der Waals surface area contributed by atoms with Crippen LogP contribution < -0.4 is 5.73 Å². The molecule has 0 bridgehead atoms. The monoisotopic (exact) mass is 320 g/mol. The van der Waals surface area contributed by atoms with Crippen molar-refractivity contribution >= 4 is 31.1 Å². The highest BCUT2D eigenvalue weighted by Crippen LogP contribution is 2.38. The van der Waals surface area contributed by atoms with Crippen molar-refractivity contribution in [1.29, 1.82) is 0 Å². The molecule has 3 heteroatoms. The topological polar surface area (TPSA) is 40.9 Å². The Balaban J connectivity index is 2.32. The molecule has 0 aromatic heterocycles. The standard InChI is InChI=1S/C20H22NOSi/c1-12-11-17(20(21)22)18(13(2)19(12)23(3)4)16-10-6-8-14-7-5-9-15(14)16/h5-6,8-12,21H,7H2,1-4H3. The van der Waals surface area contributed by atoms with E-state index in [1.165, 1.54) is 21.9 Å². The zero-order valence-corrected chi connectivity index (χ0v) is 15.2. The predicted molar refractivity (Wildman–Crippen MR) is 99.6 cm³/mol. The third kappa shape index (κ3) is 2.59. The predicted octanol–water partition coefficient (Wildman–Crippen LogP) is 3.92. The van der Waals surface area contributed by atoms with Gasteiger partial charge in [-0.1, -0.05) is 61.6 Å². The van der Waals surface area contributed by atoms with Gasteiger partial charge in [0.05, 0.1) is 0 Å². The van der Waals surface area contributed by atoms with Crippen LogP contribution in [0.4, 0.5) is 0 Å². The van der Waals surface area contributed by atoms with Gasteiger partial charge in [0.25, 0.3) is 5.91 Å². The molecule has 1 amide bonds. The first kappa shape index (κ1) is 15.9. The fourth-order valence-electron chi connectivity index (χ4n) is 3.97. The van der Waals surface area contributed by atoms with Crippen molar-refractivity contribution < 1.29 is 4.79 Å². The average Bonchev–Trinajstić information content (AvgIpc) is 2.94. The van der Waals surface area contributed by atoms with Gasteiger partial charge in [0.15, 0.2) is 0 Å². The number of nitrogens with one attached hydrogen (secondary N) is 1. The van der Waals surface area contributed by atoms with Gasteiger partial charge >= 0.3 is 0 Å². The van der Waals surface area contributed by atoms with Crippen LogP contribution in [0.2, 0.25) is 13.1 Å². The van der Waals surface area contributed by atoms with E-state index in [9.17, 15) is 4.79 Å². The van der Waals surface area contributed by atoms with Gasteiger partial charge < -0.3 is 0 Å². The number of carbonyl (C=O) groups excluding carboxylic acids is 1. The van der Waals surface area contributed by atoms with Gasteiger partial charge in [-0.05, 0) is 47.1 Å². The maximum absolute atomic E-state index is 12.0. The second-order valence-electron chi connectivity index (χ2n) is 6.60. The smallest absolute Gasteiger partial charge is 0.267 e. The number of hydrogen-bond acceptors (Lipinski definition) is 1. The average molecular weight is 320 g/mol. The number of allylic oxidation sites excluding steroid dienone is 3. The quantitative estimate of drug-likeness (QED) is 0.761. The van der Waals surface area contributed by atoms with Gasteiger partial charge in [-0.25, -0.2) is 0 Å². The number of fused-ring (bicyclic) bond motifs is 1. The van der Waals surface area contributed by atoms with Gasteiger partial charge in [-0.3, -0.25) is 10.5 Å². The Morgan fingerprint density at radius 1 is 1.30 bits per heavy atom. The van der Waals surface area contributed by atoms with Crippen LogP contribution in [0.5, 0.6) is 0 Å². The van der Waals surface area contributed by atoms with Gasteiger partial charge in [-0.15, -0.1) is 0 Å².